The van der Waals surface area contributed by atoms with E-state index in [-0.39, 0.29) is 22.5 Å². The third-order valence-electron chi connectivity index (χ3n) is 3.03. The van der Waals surface area contributed by atoms with Gasteiger partial charge in [0.15, 0.2) is 0 Å². The number of carbonyl (C=O) groups is 2. The van der Waals surface area contributed by atoms with Gasteiger partial charge in [-0.25, -0.2) is 0 Å². The van der Waals surface area contributed by atoms with E-state index in [1.807, 2.05) is 41.5 Å². The fraction of sp³-hybridized carbons (Fsp3) is 0.833. The van der Waals surface area contributed by atoms with E-state index in [4.69, 9.17) is 10.2 Å². The molecule has 4 nitrogen and oxygen atoms in total. The molecule has 0 bridgehead atoms. The van der Waals surface area contributed by atoms with Crippen LogP contribution in [0.5, 0.6) is 0 Å². The van der Waals surface area contributed by atoms with Crippen LogP contribution in [0.4, 0.5) is 9.59 Å². The zero-order chi connectivity index (χ0) is 14.7. The maximum Gasteiger partial charge on any atom is 0.264 e. The van der Waals surface area contributed by atoms with Crippen LogP contribution in [0.25, 0.3) is 0 Å². The summed E-state index contributed by atoms with van der Waals surface area (Å²) in [6.45, 7) is 11.5. The van der Waals surface area contributed by atoms with Gasteiger partial charge in [0.1, 0.15) is 0 Å². The zero-order valence-corrected chi connectivity index (χ0v) is 12.0. The Hall–Kier alpha value is -0.930. The van der Waals surface area contributed by atoms with Crippen molar-refractivity contribution in [2.75, 3.05) is 0 Å². The lowest BCUT2D eigenvalue weighted by molar-refractivity contribution is 0.212. The van der Waals surface area contributed by atoms with Crippen LogP contribution < -0.4 is 0 Å². The van der Waals surface area contributed by atoms with E-state index in [2.05, 4.69) is 0 Å². The lowest BCUT2D eigenvalue weighted by Gasteiger charge is -2.42. The predicted molar refractivity (Wildman–Crippen MR) is 74.0 cm³/mol. The van der Waals surface area contributed by atoms with Crippen LogP contribution in [0.3, 0.4) is 0 Å². The Bertz CT molecular complexity index is 283. The predicted octanol–water partition coefficient (Wildman–Crippen LogP) is 3.42. The average Bonchev–Trinajstić information content (AvgIpc) is 2.06. The number of hydrogen-bond acceptors (Lipinski definition) is 2. The van der Waals surface area contributed by atoms with E-state index in [9.17, 15) is 9.59 Å². The maximum atomic E-state index is 11.0. The van der Waals surface area contributed by atoms with E-state index in [1.165, 1.54) is 14.6 Å². The first-order valence-corrected chi connectivity index (χ1v) is 6.01. The van der Waals surface area contributed by atoms with Crippen LogP contribution in [0, 0.1) is 10.8 Å². The van der Waals surface area contributed by atoms with Crippen molar-refractivity contribution in [3.05, 3.63) is 0 Å². The molecular weight excluding hydrogens is 230 g/mol. The van der Waals surface area contributed by atoms with Crippen LogP contribution in [-0.4, -0.2) is 36.5 Å². The molecule has 0 saturated heterocycles. The van der Waals surface area contributed by atoms with E-state index >= 15 is 0 Å². The van der Waals surface area contributed by atoms with Crippen LogP contribution in [-0.2, 0) is 0 Å². The van der Waals surface area contributed by atoms with Gasteiger partial charge in [-0.2, -0.15) is 0 Å². The van der Waals surface area contributed by atoms with Crippen molar-refractivity contribution < 1.29 is 19.8 Å². The summed E-state index contributed by atoms with van der Waals surface area (Å²) < 4.78 is 0. The molecule has 0 heterocycles. The molecule has 0 rings (SSSR count). The summed E-state index contributed by atoms with van der Waals surface area (Å²) in [5.41, 5.74) is -0.634. The molecule has 0 aromatic carbocycles. The molecule has 0 aromatic heterocycles. The molecule has 2 atom stereocenters. The highest BCUT2D eigenvalue weighted by atomic mass is 16.4. The van der Waals surface area contributed by atoms with Crippen molar-refractivity contribution >= 4 is 26.3 Å². The standard InChI is InChI=1S/C12H22B2O4/c1-11(2,3)7(13-9(15)16)8(12(4,5)6)14-10(17)18/h7-8H,1-6H3,(H,15,16)(H,17,18). The van der Waals surface area contributed by atoms with Crippen molar-refractivity contribution in [1.29, 1.82) is 0 Å². The molecular formula is C12H22B2O4. The number of rotatable bonds is 5. The molecule has 18 heavy (non-hydrogen) atoms. The Kier molecular flexibility index (Phi) is 5.51. The normalized spacial score (nSPS) is 15.7. The number of carboxylic acid groups (broad SMARTS) is 2. The first-order chi connectivity index (χ1) is 7.85. The summed E-state index contributed by atoms with van der Waals surface area (Å²) in [5.74, 6) is -2.71. The molecule has 0 amide bonds. The van der Waals surface area contributed by atoms with Crippen molar-refractivity contribution in [1.82, 2.24) is 0 Å². The van der Waals surface area contributed by atoms with Crippen LogP contribution >= 0.6 is 0 Å². The van der Waals surface area contributed by atoms with Crippen LogP contribution in [0.15, 0.2) is 0 Å². The highest BCUT2D eigenvalue weighted by Gasteiger charge is 2.42. The van der Waals surface area contributed by atoms with Gasteiger partial charge in [-0.05, 0) is 10.8 Å². The largest absolute Gasteiger partial charge is 0.490 e. The monoisotopic (exact) mass is 252 g/mol. The van der Waals surface area contributed by atoms with Gasteiger partial charge >= 0.3 is 0 Å². The Morgan fingerprint density at radius 3 is 1.11 bits per heavy atom. The van der Waals surface area contributed by atoms with Crippen LogP contribution in [0.1, 0.15) is 41.5 Å². The van der Waals surface area contributed by atoms with Gasteiger partial charge in [-0.3, -0.25) is 9.59 Å². The molecule has 0 spiro atoms. The fourth-order valence-electron chi connectivity index (χ4n) is 2.09. The minimum Gasteiger partial charge on any atom is -0.490 e. The third-order valence-corrected chi connectivity index (χ3v) is 3.03. The van der Waals surface area contributed by atoms with Crippen molar-refractivity contribution in [3.8, 4) is 0 Å². The quantitative estimate of drug-likeness (QED) is 0.735. The van der Waals surface area contributed by atoms with E-state index in [0.29, 0.717) is 0 Å². The lowest BCUT2D eigenvalue weighted by Crippen LogP contribution is -2.38. The molecule has 0 aromatic rings. The van der Waals surface area contributed by atoms with E-state index in [1.54, 1.807) is 0 Å². The molecule has 2 N–H and O–H groups in total. The molecule has 2 unspecified atom stereocenters. The van der Waals surface area contributed by atoms with Crippen molar-refractivity contribution in [3.63, 3.8) is 0 Å². The smallest absolute Gasteiger partial charge is 0.264 e. The molecule has 0 aliphatic heterocycles. The van der Waals surface area contributed by atoms with Crippen molar-refractivity contribution in [2.45, 2.75) is 53.2 Å². The summed E-state index contributed by atoms with van der Waals surface area (Å²) in [6, 6.07) is 0. The summed E-state index contributed by atoms with van der Waals surface area (Å²) in [5, 5.41) is 18.0. The number of hydrogen-bond donors (Lipinski definition) is 2. The third kappa shape index (κ3) is 5.61. The average molecular weight is 252 g/mol. The summed E-state index contributed by atoms with van der Waals surface area (Å²) >= 11 is 0. The summed E-state index contributed by atoms with van der Waals surface area (Å²) in [6.07, 6.45) is 0. The minimum absolute atomic E-state index is 0.317. The van der Waals surface area contributed by atoms with Gasteiger partial charge < -0.3 is 10.2 Å². The SMILES string of the molecule is CC(C)(C)C([B]C(=O)O)C([B]C(=O)O)C(C)(C)C. The van der Waals surface area contributed by atoms with E-state index < -0.39 is 11.7 Å². The molecule has 6 heteroatoms. The molecule has 0 saturated carbocycles. The van der Waals surface area contributed by atoms with E-state index in [0.717, 1.165) is 0 Å². The molecule has 2 radical (unpaired) electrons. The summed E-state index contributed by atoms with van der Waals surface area (Å²) in [7, 11) is 2.44. The highest BCUT2D eigenvalue weighted by Crippen LogP contribution is 2.48. The molecule has 100 valence electrons. The van der Waals surface area contributed by atoms with Crippen molar-refractivity contribution in [2.24, 2.45) is 10.8 Å². The second kappa shape index (κ2) is 5.81. The lowest BCUT2D eigenvalue weighted by atomic mass is 9.37. The maximum absolute atomic E-state index is 11.0. The van der Waals surface area contributed by atoms with Gasteiger partial charge in [0, 0.05) is 0 Å². The fourth-order valence-corrected chi connectivity index (χ4v) is 2.09. The zero-order valence-electron chi connectivity index (χ0n) is 12.0. The highest BCUT2D eigenvalue weighted by molar-refractivity contribution is 6.77. The van der Waals surface area contributed by atoms with Crippen LogP contribution in [0.2, 0.25) is 11.6 Å². The first kappa shape index (κ1) is 17.1. The minimum atomic E-state index is -1.01. The second-order valence-corrected chi connectivity index (χ2v) is 6.79. The molecule has 0 aliphatic rings. The Morgan fingerprint density at radius 2 is 1.00 bits per heavy atom. The first-order valence-electron chi connectivity index (χ1n) is 6.01. The second-order valence-electron chi connectivity index (χ2n) is 6.79. The summed E-state index contributed by atoms with van der Waals surface area (Å²) in [4.78, 5) is 21.9. The Morgan fingerprint density at radius 1 is 0.778 bits per heavy atom. The van der Waals surface area contributed by atoms with Gasteiger partial charge in [-0.15, -0.1) is 0 Å². The van der Waals surface area contributed by atoms with Gasteiger partial charge in [0.05, 0.1) is 0 Å². The molecule has 0 fully saturated rings. The topological polar surface area (TPSA) is 74.6 Å². The van der Waals surface area contributed by atoms with Gasteiger partial charge in [0.25, 0.3) is 14.6 Å². The Labute approximate surface area is 111 Å². The van der Waals surface area contributed by atoms with Gasteiger partial charge in [0.2, 0.25) is 11.7 Å². The van der Waals surface area contributed by atoms with Gasteiger partial charge in [-0.1, -0.05) is 53.2 Å². The Balaban J connectivity index is 5.34. The molecule has 0 aliphatic carbocycles.